The Morgan fingerprint density at radius 1 is 1.19 bits per heavy atom. The van der Waals surface area contributed by atoms with Crippen molar-refractivity contribution < 1.29 is 28.1 Å². The lowest BCUT2D eigenvalue weighted by Crippen LogP contribution is -2.52. The Kier molecular flexibility index (Phi) is 7.54. The molecule has 0 amide bonds. The van der Waals surface area contributed by atoms with Crippen LogP contribution in [0.1, 0.15) is 50.7 Å². The minimum absolute atomic E-state index is 0.174. The number of aryl methyl sites for hydroxylation is 1. The maximum atomic E-state index is 13.2. The molecule has 0 radical (unpaired) electrons. The van der Waals surface area contributed by atoms with Crippen LogP contribution in [0.2, 0.25) is 5.02 Å². The minimum atomic E-state index is -4.53. The Morgan fingerprint density at radius 3 is 2.67 bits per heavy atom. The average molecular weight is 609 g/mol. The largest absolute Gasteiger partial charge is 0.417 e. The van der Waals surface area contributed by atoms with Crippen molar-refractivity contribution in [2.75, 3.05) is 12.3 Å². The van der Waals surface area contributed by atoms with Gasteiger partial charge in [-0.3, -0.25) is 9.47 Å². The van der Waals surface area contributed by atoms with Gasteiger partial charge in [0.05, 0.1) is 27.9 Å². The molecule has 0 bridgehead atoms. The van der Waals surface area contributed by atoms with Crippen molar-refractivity contribution in [2.24, 2.45) is 5.92 Å². The van der Waals surface area contributed by atoms with Gasteiger partial charge in [0.25, 0.3) is 0 Å². The van der Waals surface area contributed by atoms with Gasteiger partial charge in [-0.25, -0.2) is 19.9 Å². The second-order valence-corrected chi connectivity index (χ2v) is 11.9. The van der Waals surface area contributed by atoms with Gasteiger partial charge in [-0.2, -0.15) is 13.2 Å². The number of H-pyrrole nitrogens is 1. The van der Waals surface area contributed by atoms with Crippen molar-refractivity contribution in [3.8, 4) is 0 Å². The summed E-state index contributed by atoms with van der Waals surface area (Å²) in [7, 11) is 0. The predicted molar refractivity (Wildman–Crippen MR) is 148 cm³/mol. The van der Waals surface area contributed by atoms with Crippen molar-refractivity contribution in [3.63, 3.8) is 0 Å². The maximum absolute atomic E-state index is 13.2. The summed E-state index contributed by atoms with van der Waals surface area (Å²) >= 11 is 5.84. The van der Waals surface area contributed by atoms with Crippen molar-refractivity contribution in [3.05, 3.63) is 41.2 Å². The Morgan fingerprint density at radius 2 is 1.95 bits per heavy atom. The Bertz CT molecular complexity index is 1590. The molecule has 5 N–H and O–H groups in total. The van der Waals surface area contributed by atoms with E-state index in [4.69, 9.17) is 22.1 Å². The third-order valence-electron chi connectivity index (χ3n) is 8.45. The number of aromatic amines is 1. The summed E-state index contributed by atoms with van der Waals surface area (Å²) in [5, 5.41) is 21.4. The van der Waals surface area contributed by atoms with Crippen LogP contribution in [-0.2, 0) is 17.3 Å². The lowest BCUT2D eigenvalue weighted by Gasteiger charge is -2.46. The number of hydrogen-bond acceptors (Lipinski definition) is 9. The van der Waals surface area contributed by atoms with Gasteiger partial charge in [-0.05, 0) is 51.2 Å². The lowest BCUT2D eigenvalue weighted by molar-refractivity contribution is -0.137. The standard InChI is InChI=1S/C27H32ClF3N8O3/c1-12(2)38(9-19-22(40)23(41)26(42-19)39-11-35-21-24(32)33-10-34-25(21)39)14-5-13(6-14)3-4-20-36-17-7-15(27(29,30)31)16(28)8-18(17)37-20/h7-8,10-14,19,22-23,26,40-41H,3-6,9H2,1-2H3,(H,36,37)(H2,32,33,34)/t13-,14-,19-,22+,23+,26-/m1/s1. The summed E-state index contributed by atoms with van der Waals surface area (Å²) in [6, 6.07) is 2.70. The van der Waals surface area contributed by atoms with E-state index in [-0.39, 0.29) is 22.9 Å². The van der Waals surface area contributed by atoms with Gasteiger partial charge >= 0.3 is 6.18 Å². The molecule has 0 spiro atoms. The van der Waals surface area contributed by atoms with Crippen LogP contribution in [0.5, 0.6) is 0 Å². The molecule has 2 aliphatic rings. The zero-order chi connectivity index (χ0) is 29.9. The second kappa shape index (κ2) is 10.9. The third-order valence-corrected chi connectivity index (χ3v) is 8.76. The second-order valence-electron chi connectivity index (χ2n) is 11.5. The van der Waals surface area contributed by atoms with Gasteiger partial charge in [0, 0.05) is 25.0 Å². The predicted octanol–water partition coefficient (Wildman–Crippen LogP) is 3.70. The summed E-state index contributed by atoms with van der Waals surface area (Å²) in [6.45, 7) is 4.60. The van der Waals surface area contributed by atoms with Gasteiger partial charge in [0.15, 0.2) is 17.7 Å². The van der Waals surface area contributed by atoms with Gasteiger partial charge in [0.1, 0.15) is 36.0 Å². The Labute approximate surface area is 243 Å². The highest BCUT2D eigenvalue weighted by molar-refractivity contribution is 6.32. The molecule has 1 saturated heterocycles. The number of nitrogen functional groups attached to an aromatic ring is 1. The van der Waals surface area contributed by atoms with Gasteiger partial charge in [-0.15, -0.1) is 0 Å². The lowest BCUT2D eigenvalue weighted by atomic mass is 9.76. The molecule has 3 aromatic heterocycles. The first-order valence-corrected chi connectivity index (χ1v) is 14.2. The molecule has 4 aromatic rings. The molecule has 4 atom stereocenters. The number of hydrogen-bond donors (Lipinski definition) is 4. The van der Waals surface area contributed by atoms with E-state index in [1.54, 1.807) is 4.57 Å². The van der Waals surface area contributed by atoms with Gasteiger partial charge in [-0.1, -0.05) is 11.6 Å². The fourth-order valence-electron chi connectivity index (χ4n) is 6.12. The number of benzene rings is 1. The summed E-state index contributed by atoms with van der Waals surface area (Å²) in [4.78, 5) is 22.1. The molecule has 1 aliphatic carbocycles. The molecule has 4 heterocycles. The maximum Gasteiger partial charge on any atom is 0.417 e. The van der Waals surface area contributed by atoms with E-state index in [0.29, 0.717) is 46.9 Å². The molecular weight excluding hydrogens is 577 g/mol. The number of nitrogens with two attached hydrogens (primary N) is 1. The van der Waals surface area contributed by atoms with E-state index in [1.807, 2.05) is 0 Å². The van der Waals surface area contributed by atoms with Gasteiger partial charge < -0.3 is 25.7 Å². The average Bonchev–Trinajstić information content (AvgIpc) is 3.58. The van der Waals surface area contributed by atoms with E-state index >= 15 is 0 Å². The highest BCUT2D eigenvalue weighted by Crippen LogP contribution is 2.39. The molecule has 0 unspecified atom stereocenters. The zero-order valence-corrected chi connectivity index (χ0v) is 23.7. The normalized spacial score (nSPS) is 26.6. The van der Waals surface area contributed by atoms with E-state index in [2.05, 4.69) is 43.7 Å². The SMILES string of the molecule is CC(C)N(C[C@H]1O[C@@H](n2cnc3c(N)ncnc32)[C@@H](O)[C@H]1O)[C@H]1C[C@H](CCc2nc3cc(Cl)c(C(F)(F)F)cc3[nH]2)C1. The van der Waals surface area contributed by atoms with Crippen molar-refractivity contribution in [1.29, 1.82) is 0 Å². The molecular formula is C27H32ClF3N8O3. The fraction of sp³-hybridized carbons (Fsp3) is 0.556. The van der Waals surface area contributed by atoms with Crippen LogP contribution in [-0.4, -0.2) is 81.5 Å². The van der Waals surface area contributed by atoms with Gasteiger partial charge in [0.2, 0.25) is 0 Å². The number of aromatic nitrogens is 6. The number of aliphatic hydroxyl groups is 2. The molecule has 1 aromatic carbocycles. The van der Waals surface area contributed by atoms with Crippen LogP contribution in [0.15, 0.2) is 24.8 Å². The smallest absolute Gasteiger partial charge is 0.387 e. The highest BCUT2D eigenvalue weighted by atomic mass is 35.5. The van der Waals surface area contributed by atoms with Crippen molar-refractivity contribution in [2.45, 2.75) is 82.3 Å². The number of halogens is 4. The van der Waals surface area contributed by atoms with Crippen LogP contribution in [0, 0.1) is 5.92 Å². The number of nitrogens with one attached hydrogen (secondary N) is 1. The number of fused-ring (bicyclic) bond motifs is 2. The summed E-state index contributed by atoms with van der Waals surface area (Å²) < 4.78 is 47.3. The van der Waals surface area contributed by atoms with Crippen LogP contribution >= 0.6 is 11.6 Å². The topological polar surface area (TPSA) is 151 Å². The molecule has 226 valence electrons. The number of alkyl halides is 3. The molecule has 1 aliphatic heterocycles. The number of rotatable bonds is 8. The quantitative estimate of drug-likeness (QED) is 0.235. The molecule has 11 nitrogen and oxygen atoms in total. The van der Waals surface area contributed by atoms with E-state index in [0.717, 1.165) is 25.3 Å². The van der Waals surface area contributed by atoms with Crippen LogP contribution in [0.3, 0.4) is 0 Å². The van der Waals surface area contributed by atoms with E-state index in [9.17, 15) is 23.4 Å². The van der Waals surface area contributed by atoms with Crippen LogP contribution in [0.25, 0.3) is 22.2 Å². The van der Waals surface area contributed by atoms with Crippen LogP contribution < -0.4 is 5.73 Å². The monoisotopic (exact) mass is 608 g/mol. The molecule has 15 heteroatoms. The molecule has 1 saturated carbocycles. The molecule has 2 fully saturated rings. The zero-order valence-electron chi connectivity index (χ0n) is 23.0. The fourth-order valence-corrected chi connectivity index (χ4v) is 6.39. The van der Waals surface area contributed by atoms with Crippen molar-refractivity contribution >= 4 is 39.6 Å². The number of ether oxygens (including phenoxy) is 1. The summed E-state index contributed by atoms with van der Waals surface area (Å²) in [5.74, 6) is 1.27. The van der Waals surface area contributed by atoms with Crippen LogP contribution in [0.4, 0.5) is 19.0 Å². The van der Waals surface area contributed by atoms with Crippen molar-refractivity contribution in [1.82, 2.24) is 34.4 Å². The molecule has 42 heavy (non-hydrogen) atoms. The first-order chi connectivity index (χ1) is 19.9. The third kappa shape index (κ3) is 5.30. The Hall–Kier alpha value is -3.04. The number of nitrogens with zero attached hydrogens (tertiary/aromatic N) is 6. The minimum Gasteiger partial charge on any atom is -0.387 e. The summed E-state index contributed by atoms with van der Waals surface area (Å²) in [6.07, 6.45) is -2.24. The van der Waals surface area contributed by atoms with E-state index in [1.165, 1.54) is 18.7 Å². The first kappa shape index (κ1) is 29.1. The Balaban J connectivity index is 1.06. The number of imidazole rings is 2. The molecule has 6 rings (SSSR count). The van der Waals surface area contributed by atoms with E-state index < -0.39 is 36.3 Å². The first-order valence-electron chi connectivity index (χ1n) is 13.9. The highest BCUT2D eigenvalue weighted by Gasteiger charge is 2.46. The number of anilines is 1. The number of aliphatic hydroxyl groups excluding tert-OH is 2. The summed E-state index contributed by atoms with van der Waals surface area (Å²) in [5.41, 5.74) is 6.54.